The van der Waals surface area contributed by atoms with Gasteiger partial charge in [-0.25, -0.2) is 0 Å². The smallest absolute Gasteiger partial charge is 0.243 e. The molecule has 3 aromatic carbocycles. The van der Waals surface area contributed by atoms with E-state index in [9.17, 15) is 24.3 Å². The SMILES string of the molecule is C[C@H](NC(=O)[C@@H](N)Cc1ccc(O)cc1)C(=O)N[C@@H](Cc1c[nH]c2ccccc12)C(=O)N[C@H](C=O)Cc1ccccc1. The molecule has 4 atom stereocenters. The molecule has 1 aromatic heterocycles. The van der Waals surface area contributed by atoms with Crippen LogP contribution in [0.1, 0.15) is 23.6 Å². The lowest BCUT2D eigenvalue weighted by molar-refractivity contribution is -0.132. The van der Waals surface area contributed by atoms with Crippen molar-refractivity contribution < 1.29 is 24.3 Å². The van der Waals surface area contributed by atoms with Gasteiger partial charge >= 0.3 is 0 Å². The number of hydrogen-bond acceptors (Lipinski definition) is 6. The van der Waals surface area contributed by atoms with E-state index in [4.69, 9.17) is 5.73 Å². The third kappa shape index (κ3) is 8.05. The highest BCUT2D eigenvalue weighted by molar-refractivity contribution is 5.94. The summed E-state index contributed by atoms with van der Waals surface area (Å²) in [5.74, 6) is -1.53. The van der Waals surface area contributed by atoms with Gasteiger partial charge in [0.1, 0.15) is 24.1 Å². The summed E-state index contributed by atoms with van der Waals surface area (Å²) in [5, 5.41) is 18.5. The van der Waals surface area contributed by atoms with Gasteiger partial charge in [0.25, 0.3) is 0 Å². The number of H-pyrrole nitrogens is 1. The summed E-state index contributed by atoms with van der Waals surface area (Å²) >= 11 is 0. The molecular weight excluding hydrogens is 534 g/mol. The number of aldehydes is 1. The van der Waals surface area contributed by atoms with E-state index in [2.05, 4.69) is 20.9 Å². The minimum atomic E-state index is -1.03. The first-order valence-electron chi connectivity index (χ1n) is 13.7. The summed E-state index contributed by atoms with van der Waals surface area (Å²) < 4.78 is 0. The van der Waals surface area contributed by atoms with E-state index >= 15 is 0 Å². The fourth-order valence-electron chi connectivity index (χ4n) is 4.68. The van der Waals surface area contributed by atoms with Crippen molar-refractivity contribution in [2.45, 2.75) is 50.4 Å². The van der Waals surface area contributed by atoms with Crippen molar-refractivity contribution in [3.05, 3.63) is 102 Å². The van der Waals surface area contributed by atoms with Crippen LogP contribution in [0, 0.1) is 0 Å². The molecule has 0 saturated carbocycles. The highest BCUT2D eigenvalue weighted by Gasteiger charge is 2.28. The Hall–Kier alpha value is -4.96. The highest BCUT2D eigenvalue weighted by atomic mass is 16.3. The molecule has 0 saturated heterocycles. The summed E-state index contributed by atoms with van der Waals surface area (Å²) in [4.78, 5) is 54.4. The average Bonchev–Trinajstić information content (AvgIpc) is 3.40. The fraction of sp³-hybridized carbons (Fsp3) is 0.250. The number of rotatable bonds is 13. The molecule has 0 bridgehead atoms. The Bertz CT molecular complexity index is 1520. The lowest BCUT2D eigenvalue weighted by atomic mass is 10.0. The zero-order valence-corrected chi connectivity index (χ0v) is 23.2. The van der Waals surface area contributed by atoms with Gasteiger partial charge in [-0.2, -0.15) is 0 Å². The Kier molecular flexibility index (Phi) is 10.1. The molecule has 10 nitrogen and oxygen atoms in total. The molecule has 4 rings (SSSR count). The van der Waals surface area contributed by atoms with Crippen LogP contribution in [-0.4, -0.2) is 58.3 Å². The van der Waals surface area contributed by atoms with Crippen molar-refractivity contribution in [2.75, 3.05) is 0 Å². The van der Waals surface area contributed by atoms with Crippen LogP contribution < -0.4 is 21.7 Å². The highest BCUT2D eigenvalue weighted by Crippen LogP contribution is 2.19. The van der Waals surface area contributed by atoms with Crippen LogP contribution >= 0.6 is 0 Å². The van der Waals surface area contributed by atoms with Crippen molar-refractivity contribution in [2.24, 2.45) is 5.73 Å². The largest absolute Gasteiger partial charge is 0.508 e. The lowest BCUT2D eigenvalue weighted by Crippen LogP contribution is -2.56. The monoisotopic (exact) mass is 569 g/mol. The predicted octanol–water partition coefficient (Wildman–Crippen LogP) is 1.90. The molecule has 0 aliphatic rings. The minimum absolute atomic E-state index is 0.104. The maximum atomic E-state index is 13.5. The van der Waals surface area contributed by atoms with Crippen molar-refractivity contribution in [1.82, 2.24) is 20.9 Å². The van der Waals surface area contributed by atoms with Gasteiger partial charge in [-0.05, 0) is 54.7 Å². The Morgan fingerprint density at radius 3 is 2.19 bits per heavy atom. The molecule has 10 heteroatoms. The molecule has 0 aliphatic heterocycles. The average molecular weight is 570 g/mol. The van der Waals surface area contributed by atoms with Crippen LogP contribution in [0.3, 0.4) is 0 Å². The van der Waals surface area contributed by atoms with Crippen LogP contribution in [0.4, 0.5) is 0 Å². The molecule has 0 radical (unpaired) electrons. The van der Waals surface area contributed by atoms with E-state index in [1.807, 2.05) is 54.6 Å². The molecular formula is C32H35N5O5. The van der Waals surface area contributed by atoms with Crippen molar-refractivity contribution in [3.8, 4) is 5.75 Å². The van der Waals surface area contributed by atoms with Crippen LogP contribution in [0.25, 0.3) is 10.9 Å². The molecule has 42 heavy (non-hydrogen) atoms. The van der Waals surface area contributed by atoms with Crippen LogP contribution in [-0.2, 0) is 38.4 Å². The first-order valence-corrected chi connectivity index (χ1v) is 13.7. The third-order valence-electron chi connectivity index (χ3n) is 7.00. The van der Waals surface area contributed by atoms with Crippen LogP contribution in [0.2, 0.25) is 0 Å². The first-order chi connectivity index (χ1) is 20.2. The van der Waals surface area contributed by atoms with E-state index in [0.29, 0.717) is 12.7 Å². The summed E-state index contributed by atoms with van der Waals surface area (Å²) in [6.07, 6.45) is 3.12. The second kappa shape index (κ2) is 14.1. The molecule has 1 heterocycles. The number of para-hydroxylation sites is 1. The number of phenolic OH excluding ortho intramolecular Hbond substituents is 1. The Morgan fingerprint density at radius 2 is 1.48 bits per heavy atom. The standard InChI is InChI=1S/C32H35N5O5/c1-20(35-31(41)27(33)16-22-11-13-25(39)14-12-22)30(40)37-29(17-23-18-34-28-10-6-5-9-26(23)28)32(42)36-24(19-38)15-21-7-3-2-4-8-21/h2-14,18-20,24,27,29,34,39H,15-17,33H2,1H3,(H,35,41)(H,36,42)(H,37,40)/t20-,24-,27-,29-/m0/s1. The number of nitrogens with one attached hydrogen (secondary N) is 4. The summed E-state index contributed by atoms with van der Waals surface area (Å²) in [7, 11) is 0. The number of hydrogen-bond donors (Lipinski definition) is 6. The first kappa shape index (κ1) is 30.0. The van der Waals surface area contributed by atoms with E-state index in [0.717, 1.165) is 27.6 Å². The number of phenols is 1. The zero-order chi connectivity index (χ0) is 30.1. The number of nitrogens with two attached hydrogens (primary N) is 1. The van der Waals surface area contributed by atoms with Crippen LogP contribution in [0.5, 0.6) is 5.75 Å². The van der Waals surface area contributed by atoms with Gasteiger partial charge < -0.3 is 36.6 Å². The van der Waals surface area contributed by atoms with E-state index in [1.165, 1.54) is 19.1 Å². The number of aromatic nitrogens is 1. The Morgan fingerprint density at radius 1 is 0.810 bits per heavy atom. The molecule has 3 amide bonds. The van der Waals surface area contributed by atoms with Gasteiger partial charge in [-0.1, -0.05) is 60.7 Å². The van der Waals surface area contributed by atoms with Crippen molar-refractivity contribution in [1.29, 1.82) is 0 Å². The number of benzene rings is 3. The summed E-state index contributed by atoms with van der Waals surface area (Å²) in [6, 6.07) is 19.5. The molecule has 4 aromatic rings. The number of aromatic hydroxyl groups is 1. The van der Waals surface area contributed by atoms with Gasteiger partial charge in [-0.3, -0.25) is 14.4 Å². The topological polar surface area (TPSA) is 166 Å². The molecule has 0 unspecified atom stereocenters. The quantitative estimate of drug-likeness (QED) is 0.135. The van der Waals surface area contributed by atoms with Gasteiger partial charge in [0.15, 0.2) is 0 Å². The number of carbonyl (C=O) groups excluding carboxylic acids is 4. The van der Waals surface area contributed by atoms with Gasteiger partial charge in [0, 0.05) is 23.5 Å². The normalized spacial score (nSPS) is 13.9. The van der Waals surface area contributed by atoms with E-state index in [-0.39, 0.29) is 18.6 Å². The number of fused-ring (bicyclic) bond motifs is 1. The van der Waals surface area contributed by atoms with Gasteiger partial charge in [-0.15, -0.1) is 0 Å². The molecule has 7 N–H and O–H groups in total. The molecule has 0 spiro atoms. The fourth-order valence-corrected chi connectivity index (χ4v) is 4.68. The molecule has 218 valence electrons. The second-order valence-corrected chi connectivity index (χ2v) is 10.3. The third-order valence-corrected chi connectivity index (χ3v) is 7.00. The summed E-state index contributed by atoms with van der Waals surface area (Å²) in [5.41, 5.74) is 9.38. The second-order valence-electron chi connectivity index (χ2n) is 10.3. The predicted molar refractivity (Wildman–Crippen MR) is 159 cm³/mol. The number of carbonyl (C=O) groups is 4. The van der Waals surface area contributed by atoms with Gasteiger partial charge in [0.05, 0.1) is 12.1 Å². The maximum Gasteiger partial charge on any atom is 0.243 e. The van der Waals surface area contributed by atoms with Crippen molar-refractivity contribution in [3.63, 3.8) is 0 Å². The summed E-state index contributed by atoms with van der Waals surface area (Å²) in [6.45, 7) is 1.50. The Balaban J connectivity index is 1.44. The zero-order valence-electron chi connectivity index (χ0n) is 23.2. The molecule has 0 fully saturated rings. The number of amides is 3. The minimum Gasteiger partial charge on any atom is -0.508 e. The van der Waals surface area contributed by atoms with E-state index in [1.54, 1.807) is 18.3 Å². The van der Waals surface area contributed by atoms with Crippen LogP contribution in [0.15, 0.2) is 85.1 Å². The molecule has 0 aliphatic carbocycles. The van der Waals surface area contributed by atoms with Crippen molar-refractivity contribution >= 4 is 34.9 Å². The van der Waals surface area contributed by atoms with E-state index < -0.39 is 41.9 Å². The maximum absolute atomic E-state index is 13.5. The Labute approximate surface area is 243 Å². The lowest BCUT2D eigenvalue weighted by Gasteiger charge is -2.23. The van der Waals surface area contributed by atoms with Gasteiger partial charge in [0.2, 0.25) is 17.7 Å². The number of aromatic amines is 1.